The molecule has 0 N–H and O–H groups in total. The molecule has 3 aliphatic rings. The SMILES string of the molecule is C=C\C(=C/C=C(C)/C=C/[C@@]1(C)[C@@H]2CCCC[C@H]2C[C@@H]2OC(=O)C[C@@H]21)c1ccccc1C. The van der Waals surface area contributed by atoms with Crippen LogP contribution in [0.15, 0.2) is 66.8 Å². The minimum atomic E-state index is -0.00248. The lowest BCUT2D eigenvalue weighted by molar-refractivity contribution is -0.144. The van der Waals surface area contributed by atoms with Crippen LogP contribution in [0.25, 0.3) is 5.57 Å². The van der Waals surface area contributed by atoms with Gasteiger partial charge in [0, 0.05) is 5.92 Å². The first-order valence-corrected chi connectivity index (χ1v) is 11.9. The summed E-state index contributed by atoms with van der Waals surface area (Å²) in [5, 5.41) is 0. The molecule has 2 saturated carbocycles. The molecule has 0 aromatic heterocycles. The molecule has 1 heterocycles. The molecule has 2 heteroatoms. The molecule has 1 aromatic carbocycles. The summed E-state index contributed by atoms with van der Waals surface area (Å²) >= 11 is 0. The average molecular weight is 417 g/mol. The molecule has 0 amide bonds. The molecule has 4 rings (SSSR count). The third-order valence-corrected chi connectivity index (χ3v) is 8.07. The zero-order valence-electron chi connectivity index (χ0n) is 19.3. The number of carbonyl (C=O) groups excluding carboxylic acids is 1. The van der Waals surface area contributed by atoms with Crippen molar-refractivity contribution in [1.82, 2.24) is 0 Å². The zero-order chi connectivity index (χ0) is 22.0. The van der Waals surface area contributed by atoms with Crippen molar-refractivity contribution >= 4 is 11.5 Å². The molecule has 3 fully saturated rings. The van der Waals surface area contributed by atoms with Gasteiger partial charge >= 0.3 is 5.97 Å². The second-order valence-electron chi connectivity index (χ2n) is 9.98. The van der Waals surface area contributed by atoms with Gasteiger partial charge in [-0.3, -0.25) is 4.79 Å². The number of aryl methyl sites for hydroxylation is 1. The van der Waals surface area contributed by atoms with Crippen LogP contribution >= 0.6 is 0 Å². The van der Waals surface area contributed by atoms with Crippen LogP contribution in [0.5, 0.6) is 0 Å². The Kier molecular flexibility index (Phi) is 6.36. The van der Waals surface area contributed by atoms with E-state index in [-0.39, 0.29) is 17.5 Å². The van der Waals surface area contributed by atoms with Crippen molar-refractivity contribution in [3.63, 3.8) is 0 Å². The second-order valence-corrected chi connectivity index (χ2v) is 9.98. The standard InChI is InChI=1S/C29H36O2/c1-5-22(24-12-8-6-10-21(24)3)15-14-20(2)16-17-29(4)25-13-9-7-11-23(25)18-27-26(29)19-28(30)31-27/h5-6,8,10,12,14-17,23,25-27H,1,7,9,11,13,18-19H2,2-4H3/b17-16+,20-14+,22-15+/t23-,25+,26-,27-,29-/m0/s1. The monoisotopic (exact) mass is 416 g/mol. The highest BCUT2D eigenvalue weighted by atomic mass is 16.5. The van der Waals surface area contributed by atoms with Crippen LogP contribution in [-0.2, 0) is 9.53 Å². The maximum absolute atomic E-state index is 12.1. The van der Waals surface area contributed by atoms with Crippen LogP contribution in [0.3, 0.4) is 0 Å². The molecule has 5 atom stereocenters. The van der Waals surface area contributed by atoms with E-state index in [9.17, 15) is 4.79 Å². The summed E-state index contributed by atoms with van der Waals surface area (Å²) in [7, 11) is 0. The maximum Gasteiger partial charge on any atom is 0.306 e. The summed E-state index contributed by atoms with van der Waals surface area (Å²) in [5.41, 5.74) is 4.85. The molecule has 164 valence electrons. The van der Waals surface area contributed by atoms with E-state index >= 15 is 0 Å². The number of hydrogen-bond acceptors (Lipinski definition) is 2. The van der Waals surface area contributed by atoms with Gasteiger partial charge in [0.05, 0.1) is 6.42 Å². The van der Waals surface area contributed by atoms with E-state index in [2.05, 4.69) is 75.9 Å². The Bertz CT molecular complexity index is 934. The topological polar surface area (TPSA) is 26.3 Å². The van der Waals surface area contributed by atoms with Crippen LogP contribution in [0, 0.1) is 30.1 Å². The molecule has 0 radical (unpaired) electrons. The highest BCUT2D eigenvalue weighted by Gasteiger charge is 2.55. The van der Waals surface area contributed by atoms with Crippen molar-refractivity contribution in [2.24, 2.45) is 23.2 Å². The Morgan fingerprint density at radius 2 is 1.94 bits per heavy atom. The largest absolute Gasteiger partial charge is 0.462 e. The van der Waals surface area contributed by atoms with Crippen molar-refractivity contribution < 1.29 is 9.53 Å². The molecule has 1 aromatic rings. The first kappa shape index (κ1) is 21.9. The molecular formula is C29H36O2. The van der Waals surface area contributed by atoms with Crippen molar-refractivity contribution in [1.29, 1.82) is 0 Å². The van der Waals surface area contributed by atoms with Gasteiger partial charge in [0.2, 0.25) is 0 Å². The quantitative estimate of drug-likeness (QED) is 0.374. The van der Waals surface area contributed by atoms with E-state index in [0.29, 0.717) is 24.2 Å². The molecule has 1 aliphatic heterocycles. The summed E-state index contributed by atoms with van der Waals surface area (Å²) < 4.78 is 5.76. The lowest BCUT2D eigenvalue weighted by Crippen LogP contribution is -2.48. The normalized spacial score (nSPS) is 33.7. The van der Waals surface area contributed by atoms with Crippen LogP contribution in [0.2, 0.25) is 0 Å². The Morgan fingerprint density at radius 3 is 2.71 bits per heavy atom. The van der Waals surface area contributed by atoms with Crippen LogP contribution in [-0.4, -0.2) is 12.1 Å². The summed E-state index contributed by atoms with van der Waals surface area (Å²) in [6, 6.07) is 8.42. The summed E-state index contributed by atoms with van der Waals surface area (Å²) in [6.45, 7) is 10.7. The number of ether oxygens (including phenoxy) is 1. The number of rotatable bonds is 5. The van der Waals surface area contributed by atoms with E-state index in [1.54, 1.807) is 0 Å². The van der Waals surface area contributed by atoms with Crippen LogP contribution in [0.4, 0.5) is 0 Å². The molecule has 2 aliphatic carbocycles. The number of hydrogen-bond donors (Lipinski definition) is 0. The Labute approximate surface area is 187 Å². The van der Waals surface area contributed by atoms with Gasteiger partial charge in [-0.05, 0) is 60.6 Å². The van der Waals surface area contributed by atoms with E-state index in [1.807, 2.05) is 6.08 Å². The minimum Gasteiger partial charge on any atom is -0.462 e. The summed E-state index contributed by atoms with van der Waals surface area (Å²) in [4.78, 5) is 12.1. The Morgan fingerprint density at radius 1 is 1.16 bits per heavy atom. The van der Waals surface area contributed by atoms with E-state index in [4.69, 9.17) is 4.74 Å². The smallest absolute Gasteiger partial charge is 0.306 e. The highest BCUT2D eigenvalue weighted by molar-refractivity contribution is 5.76. The van der Waals surface area contributed by atoms with E-state index in [1.165, 1.54) is 42.4 Å². The van der Waals surface area contributed by atoms with Gasteiger partial charge in [-0.15, -0.1) is 0 Å². The maximum atomic E-state index is 12.1. The average Bonchev–Trinajstić information content (AvgIpc) is 3.15. The number of fused-ring (bicyclic) bond motifs is 2. The van der Waals surface area contributed by atoms with Gasteiger partial charge in [-0.25, -0.2) is 0 Å². The van der Waals surface area contributed by atoms with Crippen LogP contribution < -0.4 is 0 Å². The van der Waals surface area contributed by atoms with Gasteiger partial charge in [-0.1, -0.05) is 93.0 Å². The molecule has 0 bridgehead atoms. The third-order valence-electron chi connectivity index (χ3n) is 8.07. The minimum absolute atomic E-state index is 0.00248. The van der Waals surface area contributed by atoms with Crippen molar-refractivity contribution in [3.8, 4) is 0 Å². The summed E-state index contributed by atoms with van der Waals surface area (Å²) in [6.07, 6.45) is 17.9. The van der Waals surface area contributed by atoms with E-state index < -0.39 is 0 Å². The molecule has 1 saturated heterocycles. The molecule has 31 heavy (non-hydrogen) atoms. The third kappa shape index (κ3) is 4.35. The number of carbonyl (C=O) groups is 1. The van der Waals surface area contributed by atoms with Crippen molar-refractivity contribution in [3.05, 3.63) is 77.9 Å². The molecule has 0 unspecified atom stereocenters. The van der Waals surface area contributed by atoms with Gasteiger partial charge in [0.25, 0.3) is 0 Å². The Balaban J connectivity index is 1.59. The van der Waals surface area contributed by atoms with Crippen molar-refractivity contribution in [2.45, 2.75) is 65.4 Å². The lowest BCUT2D eigenvalue weighted by atomic mass is 9.52. The first-order valence-electron chi connectivity index (χ1n) is 11.9. The fraction of sp³-hybridized carbons (Fsp3) is 0.483. The number of allylic oxidation sites excluding steroid dienone is 7. The lowest BCUT2D eigenvalue weighted by Gasteiger charge is -2.52. The fourth-order valence-corrected chi connectivity index (χ4v) is 6.32. The number of esters is 1. The predicted octanol–water partition coefficient (Wildman–Crippen LogP) is 7.22. The number of benzene rings is 1. The Hall–Kier alpha value is -2.35. The van der Waals surface area contributed by atoms with E-state index in [0.717, 1.165) is 12.0 Å². The predicted molar refractivity (Wildman–Crippen MR) is 128 cm³/mol. The van der Waals surface area contributed by atoms with Gasteiger partial charge in [0.15, 0.2) is 0 Å². The van der Waals surface area contributed by atoms with Gasteiger partial charge < -0.3 is 4.74 Å². The molecule has 2 nitrogen and oxygen atoms in total. The highest BCUT2D eigenvalue weighted by Crippen LogP contribution is 2.57. The van der Waals surface area contributed by atoms with Crippen LogP contribution in [0.1, 0.15) is 63.5 Å². The second kappa shape index (κ2) is 9.02. The summed E-state index contributed by atoms with van der Waals surface area (Å²) in [5.74, 6) is 1.66. The molecular weight excluding hydrogens is 380 g/mol. The fourth-order valence-electron chi connectivity index (χ4n) is 6.32. The first-order chi connectivity index (χ1) is 14.9. The van der Waals surface area contributed by atoms with Gasteiger partial charge in [-0.2, -0.15) is 0 Å². The van der Waals surface area contributed by atoms with Gasteiger partial charge in [0.1, 0.15) is 6.10 Å². The van der Waals surface area contributed by atoms with Crippen molar-refractivity contribution in [2.75, 3.05) is 0 Å². The zero-order valence-corrected chi connectivity index (χ0v) is 19.3. The molecule has 0 spiro atoms.